The van der Waals surface area contributed by atoms with Crippen LogP contribution < -0.4 is 16.0 Å². The van der Waals surface area contributed by atoms with Crippen molar-refractivity contribution in [1.29, 1.82) is 0 Å². The van der Waals surface area contributed by atoms with Gasteiger partial charge in [0.1, 0.15) is 6.54 Å². The zero-order valence-corrected chi connectivity index (χ0v) is 15.9. The highest BCUT2D eigenvalue weighted by molar-refractivity contribution is 5.98. The lowest BCUT2D eigenvalue weighted by atomic mass is 10.1. The number of carbonyl (C=O) groups is 4. The van der Waals surface area contributed by atoms with Crippen molar-refractivity contribution in [3.63, 3.8) is 0 Å². The lowest BCUT2D eigenvalue weighted by Crippen LogP contribution is -2.50. The van der Waals surface area contributed by atoms with Gasteiger partial charge in [-0.25, -0.2) is 4.79 Å². The average molecular weight is 394 g/mol. The number of nitro groups is 1. The van der Waals surface area contributed by atoms with Crippen molar-refractivity contribution in [3.05, 3.63) is 39.9 Å². The number of hydrogen-bond donors (Lipinski definition) is 3. The third-order valence-electron chi connectivity index (χ3n) is 3.12. The highest BCUT2D eigenvalue weighted by Gasteiger charge is 2.22. The van der Waals surface area contributed by atoms with Gasteiger partial charge in [0.25, 0.3) is 17.5 Å². The Morgan fingerprint density at radius 3 is 2.43 bits per heavy atom. The van der Waals surface area contributed by atoms with E-state index in [1.807, 2.05) is 5.32 Å². The number of rotatable bonds is 6. The van der Waals surface area contributed by atoms with Gasteiger partial charge in [0.15, 0.2) is 6.10 Å². The molecule has 0 saturated carbocycles. The molecular weight excluding hydrogens is 372 g/mol. The van der Waals surface area contributed by atoms with Crippen LogP contribution in [-0.2, 0) is 14.3 Å². The zero-order valence-electron chi connectivity index (χ0n) is 15.9. The largest absolute Gasteiger partial charge is 0.451 e. The standard InChI is InChI=1S/C17H22N4O7/c1-10(14(23)19-16(25)20-17(2,3)4)28-13(22)9-18-15(24)11-6-5-7-12(8-11)21(26)27/h5-8,10H,9H2,1-4H3,(H,18,24)(H2,19,20,23,25). The number of nitro benzene ring substituents is 1. The monoisotopic (exact) mass is 394 g/mol. The summed E-state index contributed by atoms with van der Waals surface area (Å²) in [6.07, 6.45) is -1.27. The van der Waals surface area contributed by atoms with Gasteiger partial charge in [-0.1, -0.05) is 6.07 Å². The lowest BCUT2D eigenvalue weighted by molar-refractivity contribution is -0.384. The Labute approximate surface area is 161 Å². The van der Waals surface area contributed by atoms with Crippen molar-refractivity contribution in [1.82, 2.24) is 16.0 Å². The number of carbonyl (C=O) groups excluding carboxylic acids is 4. The molecule has 1 unspecified atom stereocenters. The van der Waals surface area contributed by atoms with E-state index in [0.717, 1.165) is 6.07 Å². The van der Waals surface area contributed by atoms with Gasteiger partial charge in [0.2, 0.25) is 0 Å². The summed E-state index contributed by atoms with van der Waals surface area (Å²) in [6, 6.07) is 4.23. The summed E-state index contributed by atoms with van der Waals surface area (Å²) >= 11 is 0. The maximum Gasteiger partial charge on any atom is 0.326 e. The van der Waals surface area contributed by atoms with Crippen molar-refractivity contribution in [2.45, 2.75) is 39.3 Å². The molecule has 1 atom stereocenters. The minimum absolute atomic E-state index is 0.00774. The van der Waals surface area contributed by atoms with E-state index in [0.29, 0.717) is 0 Å². The summed E-state index contributed by atoms with van der Waals surface area (Å²) in [7, 11) is 0. The molecule has 1 rings (SSSR count). The van der Waals surface area contributed by atoms with Crippen LogP contribution in [0.2, 0.25) is 0 Å². The van der Waals surface area contributed by atoms with E-state index in [-0.39, 0.29) is 11.3 Å². The number of hydrogen-bond acceptors (Lipinski definition) is 7. The number of non-ortho nitro benzene ring substituents is 1. The van der Waals surface area contributed by atoms with E-state index >= 15 is 0 Å². The molecule has 0 spiro atoms. The van der Waals surface area contributed by atoms with Crippen LogP contribution >= 0.6 is 0 Å². The van der Waals surface area contributed by atoms with E-state index in [1.165, 1.54) is 25.1 Å². The summed E-state index contributed by atoms with van der Waals surface area (Å²) in [5.74, 6) is -2.47. The van der Waals surface area contributed by atoms with Gasteiger partial charge in [-0.2, -0.15) is 0 Å². The van der Waals surface area contributed by atoms with Gasteiger partial charge < -0.3 is 15.4 Å². The van der Waals surface area contributed by atoms with Crippen molar-refractivity contribution in [2.24, 2.45) is 0 Å². The number of ether oxygens (including phenoxy) is 1. The van der Waals surface area contributed by atoms with Gasteiger partial charge in [0, 0.05) is 23.2 Å². The van der Waals surface area contributed by atoms with Crippen molar-refractivity contribution in [2.75, 3.05) is 6.54 Å². The molecule has 1 aromatic rings. The second-order valence-corrected chi connectivity index (χ2v) is 6.82. The maximum absolute atomic E-state index is 11.9. The molecule has 0 bridgehead atoms. The van der Waals surface area contributed by atoms with E-state index in [1.54, 1.807) is 20.8 Å². The minimum Gasteiger partial charge on any atom is -0.451 e. The van der Waals surface area contributed by atoms with Crippen LogP contribution in [0, 0.1) is 10.1 Å². The Bertz CT molecular complexity index is 786. The molecule has 3 N–H and O–H groups in total. The molecule has 4 amide bonds. The van der Waals surface area contributed by atoms with E-state index < -0.39 is 46.9 Å². The summed E-state index contributed by atoms with van der Waals surface area (Å²) in [6.45, 7) is 5.88. The van der Waals surface area contributed by atoms with Gasteiger partial charge in [-0.3, -0.25) is 29.8 Å². The molecule has 152 valence electrons. The number of urea groups is 1. The molecule has 0 aromatic heterocycles. The first-order valence-electron chi connectivity index (χ1n) is 8.24. The SMILES string of the molecule is CC(OC(=O)CNC(=O)c1cccc([N+](=O)[O-])c1)C(=O)NC(=O)NC(C)(C)C. The molecule has 0 fully saturated rings. The molecule has 0 aliphatic carbocycles. The minimum atomic E-state index is -1.27. The first-order valence-corrected chi connectivity index (χ1v) is 8.24. The third kappa shape index (κ3) is 7.81. The van der Waals surface area contributed by atoms with Crippen molar-refractivity contribution < 1.29 is 28.8 Å². The Hall–Kier alpha value is -3.50. The molecule has 28 heavy (non-hydrogen) atoms. The first-order chi connectivity index (χ1) is 12.9. The van der Waals surface area contributed by atoms with Crippen LogP contribution in [0.4, 0.5) is 10.5 Å². The lowest BCUT2D eigenvalue weighted by Gasteiger charge is -2.21. The fraction of sp³-hybridized carbons (Fsp3) is 0.412. The Morgan fingerprint density at radius 2 is 1.86 bits per heavy atom. The molecule has 0 aliphatic heterocycles. The normalized spacial score (nSPS) is 11.7. The number of amides is 4. The molecule has 0 radical (unpaired) electrons. The molecule has 1 aromatic carbocycles. The average Bonchev–Trinajstić information content (AvgIpc) is 2.57. The highest BCUT2D eigenvalue weighted by Crippen LogP contribution is 2.12. The second-order valence-electron chi connectivity index (χ2n) is 6.82. The molecule has 0 saturated heterocycles. The number of esters is 1. The fourth-order valence-electron chi connectivity index (χ4n) is 1.89. The summed E-state index contributed by atoms with van der Waals surface area (Å²) in [4.78, 5) is 57.2. The summed E-state index contributed by atoms with van der Waals surface area (Å²) in [5.41, 5.74) is -0.832. The van der Waals surface area contributed by atoms with Gasteiger partial charge in [-0.15, -0.1) is 0 Å². The maximum atomic E-state index is 11.9. The van der Waals surface area contributed by atoms with E-state index in [4.69, 9.17) is 4.74 Å². The van der Waals surface area contributed by atoms with Crippen molar-refractivity contribution >= 4 is 29.5 Å². The van der Waals surface area contributed by atoms with Crippen LogP contribution in [-0.4, -0.2) is 46.9 Å². The predicted octanol–water partition coefficient (Wildman–Crippen LogP) is 0.881. The first kappa shape index (κ1) is 22.5. The van der Waals surface area contributed by atoms with E-state index in [9.17, 15) is 29.3 Å². The number of benzene rings is 1. The number of nitrogens with one attached hydrogen (secondary N) is 3. The van der Waals surface area contributed by atoms with Gasteiger partial charge >= 0.3 is 12.0 Å². The highest BCUT2D eigenvalue weighted by atomic mass is 16.6. The van der Waals surface area contributed by atoms with E-state index in [2.05, 4.69) is 10.6 Å². The summed E-state index contributed by atoms with van der Waals surface area (Å²) in [5, 5.41) is 17.5. The number of nitrogens with zero attached hydrogens (tertiary/aromatic N) is 1. The van der Waals surface area contributed by atoms with Crippen LogP contribution in [0.1, 0.15) is 38.1 Å². The Morgan fingerprint density at radius 1 is 1.21 bits per heavy atom. The molecule has 0 heterocycles. The molecule has 11 heteroatoms. The zero-order chi connectivity index (χ0) is 21.5. The van der Waals surface area contributed by atoms with Gasteiger partial charge in [0.05, 0.1) is 4.92 Å². The smallest absolute Gasteiger partial charge is 0.326 e. The Balaban J connectivity index is 2.50. The second kappa shape index (κ2) is 9.44. The predicted molar refractivity (Wildman–Crippen MR) is 97.4 cm³/mol. The quantitative estimate of drug-likeness (QED) is 0.367. The van der Waals surface area contributed by atoms with Crippen LogP contribution in [0.3, 0.4) is 0 Å². The van der Waals surface area contributed by atoms with Crippen LogP contribution in [0.25, 0.3) is 0 Å². The topological polar surface area (TPSA) is 157 Å². The Kier molecular flexibility index (Phi) is 7.60. The fourth-order valence-corrected chi connectivity index (χ4v) is 1.89. The summed E-state index contributed by atoms with van der Waals surface area (Å²) < 4.78 is 4.84. The molecule has 0 aliphatic rings. The van der Waals surface area contributed by atoms with Crippen molar-refractivity contribution in [3.8, 4) is 0 Å². The third-order valence-corrected chi connectivity index (χ3v) is 3.12. The van der Waals surface area contributed by atoms with Crippen LogP contribution in [0.15, 0.2) is 24.3 Å². The van der Waals surface area contributed by atoms with Gasteiger partial charge in [-0.05, 0) is 33.8 Å². The molecular formula is C17H22N4O7. The van der Waals surface area contributed by atoms with Crippen LogP contribution in [0.5, 0.6) is 0 Å². The number of imide groups is 1. The molecule has 11 nitrogen and oxygen atoms in total.